The first-order chi connectivity index (χ1) is 9.67. The highest BCUT2D eigenvalue weighted by Gasteiger charge is 2.63. The van der Waals surface area contributed by atoms with Crippen LogP contribution < -0.4 is 0 Å². The minimum absolute atomic E-state index is 0.0578. The molecule has 1 fully saturated rings. The zero-order chi connectivity index (χ0) is 15.8. The van der Waals surface area contributed by atoms with Crippen molar-refractivity contribution in [3.63, 3.8) is 0 Å². The zero-order valence-corrected chi connectivity index (χ0v) is 12.3. The van der Waals surface area contributed by atoms with Crippen LogP contribution in [0.2, 0.25) is 0 Å². The molecule has 1 aliphatic carbocycles. The number of hydrogen-bond acceptors (Lipinski definition) is 3. The van der Waals surface area contributed by atoms with Crippen molar-refractivity contribution < 1.29 is 23.1 Å². The molecule has 0 aromatic heterocycles. The van der Waals surface area contributed by atoms with Crippen LogP contribution in [0, 0.1) is 11.8 Å². The van der Waals surface area contributed by atoms with E-state index >= 15 is 0 Å². The van der Waals surface area contributed by atoms with E-state index < -0.39 is 30.1 Å². The second-order valence-corrected chi connectivity index (χ2v) is 6.22. The summed E-state index contributed by atoms with van der Waals surface area (Å²) in [5, 5.41) is 14.2. The van der Waals surface area contributed by atoms with Gasteiger partial charge in [-0.3, -0.25) is 4.79 Å². The number of hydrogen-bond donors (Lipinski definition) is 1. The first-order valence-corrected chi connectivity index (χ1v) is 7.37. The van der Waals surface area contributed by atoms with Gasteiger partial charge in [0.25, 0.3) is 5.72 Å². The molecule has 0 unspecified atom stereocenters. The van der Waals surface area contributed by atoms with Crippen molar-refractivity contribution in [1.82, 2.24) is 5.01 Å². The number of amides is 1. The van der Waals surface area contributed by atoms with Crippen LogP contribution in [0.25, 0.3) is 0 Å². The number of rotatable bonds is 2. The number of carbonyl (C=O) groups excluding carboxylic acids is 1. The molecule has 7 heteroatoms. The van der Waals surface area contributed by atoms with Crippen molar-refractivity contribution in [2.45, 2.75) is 64.3 Å². The first kappa shape index (κ1) is 16.3. The molecule has 1 saturated carbocycles. The first-order valence-electron chi connectivity index (χ1n) is 7.37. The highest BCUT2D eigenvalue weighted by molar-refractivity contribution is 5.92. The molecule has 0 radical (unpaired) electrons. The third kappa shape index (κ3) is 2.93. The highest BCUT2D eigenvalue weighted by atomic mass is 19.4. The van der Waals surface area contributed by atoms with Gasteiger partial charge in [0.2, 0.25) is 5.91 Å². The standard InChI is InChI=1S/C14H21F3N2O2/c1-9(2)12(20)19-13(21,14(15,16)17)8-11(18-19)10-6-4-3-5-7-10/h9-10,21H,3-8H2,1-2H3/t13-/m1/s1. The van der Waals surface area contributed by atoms with Gasteiger partial charge in [-0.25, -0.2) is 0 Å². The summed E-state index contributed by atoms with van der Waals surface area (Å²) in [7, 11) is 0. The summed E-state index contributed by atoms with van der Waals surface area (Å²) in [5.74, 6) is -1.52. The maximum absolute atomic E-state index is 13.2. The molecule has 4 nitrogen and oxygen atoms in total. The van der Waals surface area contributed by atoms with Crippen molar-refractivity contribution in [3.8, 4) is 0 Å². The topological polar surface area (TPSA) is 52.9 Å². The normalized spacial score (nSPS) is 28.1. The summed E-state index contributed by atoms with van der Waals surface area (Å²) in [6, 6.07) is 0. The number of halogens is 3. The van der Waals surface area contributed by atoms with Gasteiger partial charge in [0.1, 0.15) is 0 Å². The number of nitrogens with zero attached hydrogens (tertiary/aromatic N) is 2. The van der Waals surface area contributed by atoms with Gasteiger partial charge in [-0.2, -0.15) is 23.3 Å². The van der Waals surface area contributed by atoms with Gasteiger partial charge in [-0.1, -0.05) is 33.1 Å². The van der Waals surface area contributed by atoms with E-state index in [1.165, 1.54) is 13.8 Å². The fraction of sp³-hybridized carbons (Fsp3) is 0.857. The molecule has 1 aliphatic heterocycles. The van der Waals surface area contributed by atoms with Crippen LogP contribution in [0.15, 0.2) is 5.10 Å². The van der Waals surface area contributed by atoms with Gasteiger partial charge in [-0.05, 0) is 18.8 Å². The third-order valence-corrected chi connectivity index (χ3v) is 4.24. The van der Waals surface area contributed by atoms with E-state index in [1.807, 2.05) is 0 Å². The van der Waals surface area contributed by atoms with Crippen LogP contribution in [-0.4, -0.2) is 33.6 Å². The van der Waals surface area contributed by atoms with Crippen molar-refractivity contribution in [2.24, 2.45) is 16.9 Å². The van der Waals surface area contributed by atoms with Crippen LogP contribution in [0.5, 0.6) is 0 Å². The van der Waals surface area contributed by atoms with Gasteiger partial charge in [0, 0.05) is 18.1 Å². The Morgan fingerprint density at radius 2 is 1.90 bits per heavy atom. The van der Waals surface area contributed by atoms with E-state index in [-0.39, 0.29) is 10.9 Å². The molecule has 1 heterocycles. The highest BCUT2D eigenvalue weighted by Crippen LogP contribution is 2.43. The summed E-state index contributed by atoms with van der Waals surface area (Å²) in [6.45, 7) is 2.99. The smallest absolute Gasteiger partial charge is 0.362 e. The van der Waals surface area contributed by atoms with E-state index in [0.29, 0.717) is 5.71 Å². The zero-order valence-electron chi connectivity index (χ0n) is 12.3. The molecule has 1 atom stereocenters. The number of carbonyl (C=O) groups is 1. The van der Waals surface area contributed by atoms with E-state index in [0.717, 1.165) is 32.1 Å². The summed E-state index contributed by atoms with van der Waals surface area (Å²) in [6.07, 6.45) is -1.02. The molecule has 1 amide bonds. The van der Waals surface area contributed by atoms with Crippen molar-refractivity contribution in [2.75, 3.05) is 0 Å². The Kier molecular flexibility index (Phi) is 4.33. The molecule has 1 N–H and O–H groups in total. The van der Waals surface area contributed by atoms with Crippen molar-refractivity contribution >= 4 is 11.6 Å². The molecule has 0 spiro atoms. The predicted molar refractivity (Wildman–Crippen MR) is 71.3 cm³/mol. The number of aliphatic hydroxyl groups is 1. The lowest BCUT2D eigenvalue weighted by Gasteiger charge is -2.33. The molecule has 0 aromatic carbocycles. The van der Waals surface area contributed by atoms with E-state index in [1.54, 1.807) is 0 Å². The molecule has 120 valence electrons. The van der Waals surface area contributed by atoms with Gasteiger partial charge < -0.3 is 5.11 Å². The average molecular weight is 306 g/mol. The maximum Gasteiger partial charge on any atom is 0.438 e. The Morgan fingerprint density at radius 3 is 2.38 bits per heavy atom. The van der Waals surface area contributed by atoms with Crippen molar-refractivity contribution in [1.29, 1.82) is 0 Å². The third-order valence-electron chi connectivity index (χ3n) is 4.24. The van der Waals surface area contributed by atoms with Crippen LogP contribution in [0.3, 0.4) is 0 Å². The van der Waals surface area contributed by atoms with Crippen molar-refractivity contribution in [3.05, 3.63) is 0 Å². The van der Waals surface area contributed by atoms with E-state index in [2.05, 4.69) is 5.10 Å². The molecular formula is C14H21F3N2O2. The van der Waals surface area contributed by atoms with E-state index in [4.69, 9.17) is 0 Å². The monoisotopic (exact) mass is 306 g/mol. The van der Waals surface area contributed by atoms with Gasteiger partial charge >= 0.3 is 6.18 Å². The second kappa shape index (κ2) is 5.59. The second-order valence-electron chi connectivity index (χ2n) is 6.22. The van der Waals surface area contributed by atoms with Crippen LogP contribution >= 0.6 is 0 Å². The molecular weight excluding hydrogens is 285 g/mol. The Balaban J connectivity index is 2.30. The van der Waals surface area contributed by atoms with E-state index in [9.17, 15) is 23.1 Å². The van der Waals surface area contributed by atoms with Crippen LogP contribution in [0.1, 0.15) is 52.4 Å². The average Bonchev–Trinajstić information content (AvgIpc) is 2.78. The number of alkyl halides is 3. The summed E-state index contributed by atoms with van der Waals surface area (Å²) < 4.78 is 39.7. The van der Waals surface area contributed by atoms with Crippen LogP contribution in [-0.2, 0) is 4.79 Å². The SMILES string of the molecule is CC(C)C(=O)N1N=C(C2CCCCC2)C[C@@]1(O)C(F)(F)F. The maximum atomic E-state index is 13.2. The number of hydrazone groups is 1. The molecule has 0 aromatic rings. The minimum atomic E-state index is -4.92. The van der Waals surface area contributed by atoms with Gasteiger partial charge in [0.15, 0.2) is 0 Å². The summed E-state index contributed by atoms with van der Waals surface area (Å²) in [5.41, 5.74) is -2.88. The summed E-state index contributed by atoms with van der Waals surface area (Å²) >= 11 is 0. The fourth-order valence-corrected chi connectivity index (χ4v) is 2.93. The molecule has 2 aliphatic rings. The predicted octanol–water partition coefficient (Wildman–Crippen LogP) is 3.06. The van der Waals surface area contributed by atoms with Gasteiger partial charge in [-0.15, -0.1) is 0 Å². The Hall–Kier alpha value is -1.11. The van der Waals surface area contributed by atoms with Crippen LogP contribution in [0.4, 0.5) is 13.2 Å². The Bertz CT molecular complexity index is 442. The minimum Gasteiger partial charge on any atom is -0.362 e. The lowest BCUT2D eigenvalue weighted by molar-refractivity contribution is -0.303. The summed E-state index contributed by atoms with van der Waals surface area (Å²) in [4.78, 5) is 12.0. The Morgan fingerprint density at radius 1 is 1.33 bits per heavy atom. The lowest BCUT2D eigenvalue weighted by atomic mass is 9.83. The lowest BCUT2D eigenvalue weighted by Crippen LogP contribution is -2.57. The molecule has 2 rings (SSSR count). The largest absolute Gasteiger partial charge is 0.438 e. The van der Waals surface area contributed by atoms with Gasteiger partial charge in [0.05, 0.1) is 0 Å². The molecule has 0 bridgehead atoms. The quantitative estimate of drug-likeness (QED) is 0.852. The Labute approximate surface area is 122 Å². The molecule has 0 saturated heterocycles. The fourth-order valence-electron chi connectivity index (χ4n) is 2.93. The molecule has 21 heavy (non-hydrogen) atoms.